The Morgan fingerprint density at radius 3 is 2.51 bits per heavy atom. The molecular formula is C30H26N4O3S2. The monoisotopic (exact) mass is 554 g/mol. The van der Waals surface area contributed by atoms with E-state index in [9.17, 15) is 13.0 Å². The second-order valence-electron chi connectivity index (χ2n) is 9.35. The van der Waals surface area contributed by atoms with Crippen LogP contribution in [0.2, 0.25) is 0 Å². The fourth-order valence-corrected chi connectivity index (χ4v) is 6.63. The second kappa shape index (κ2) is 10.3. The number of anilines is 1. The van der Waals surface area contributed by atoms with Crippen molar-refractivity contribution in [2.24, 2.45) is 7.05 Å². The summed E-state index contributed by atoms with van der Waals surface area (Å²) in [4.78, 5) is 7.89. The molecule has 0 N–H and O–H groups in total. The summed E-state index contributed by atoms with van der Waals surface area (Å²) in [7, 11) is -2.29. The van der Waals surface area contributed by atoms with Crippen LogP contribution in [0.15, 0.2) is 107 Å². The van der Waals surface area contributed by atoms with E-state index in [1.165, 1.54) is 0 Å². The lowest BCUT2D eigenvalue weighted by Crippen LogP contribution is -2.35. The van der Waals surface area contributed by atoms with E-state index >= 15 is 0 Å². The Kier molecular flexibility index (Phi) is 6.72. The number of hydrogen-bond donors (Lipinski definition) is 0. The van der Waals surface area contributed by atoms with Crippen LogP contribution in [0.4, 0.5) is 5.69 Å². The summed E-state index contributed by atoms with van der Waals surface area (Å²) < 4.78 is 38.1. The first kappa shape index (κ1) is 25.4. The first-order valence-electron chi connectivity index (χ1n) is 12.6. The van der Waals surface area contributed by atoms with Crippen molar-refractivity contribution in [2.45, 2.75) is 11.3 Å². The van der Waals surface area contributed by atoms with Crippen LogP contribution in [-0.4, -0.2) is 34.8 Å². The zero-order valence-electron chi connectivity index (χ0n) is 21.3. The Labute approximate surface area is 231 Å². The van der Waals surface area contributed by atoms with Gasteiger partial charge in [0.1, 0.15) is 0 Å². The molecular weight excluding hydrogens is 528 g/mol. The molecule has 0 spiro atoms. The van der Waals surface area contributed by atoms with Crippen LogP contribution < -0.4 is 9.47 Å². The van der Waals surface area contributed by atoms with Gasteiger partial charge in [0.15, 0.2) is 0 Å². The number of nitrogens with zero attached hydrogens (tertiary/aromatic N) is 4. The summed E-state index contributed by atoms with van der Waals surface area (Å²) in [6, 6.07) is 28.8. The first-order valence-corrected chi connectivity index (χ1v) is 15.0. The molecule has 6 rings (SSSR count). The van der Waals surface area contributed by atoms with Crippen LogP contribution in [0, 0.1) is 0 Å². The number of pyridine rings is 1. The van der Waals surface area contributed by atoms with E-state index < -0.39 is 15.9 Å². The zero-order chi connectivity index (χ0) is 27.0. The molecule has 0 fully saturated rings. The summed E-state index contributed by atoms with van der Waals surface area (Å²) in [5, 5.41) is 2.05. The molecule has 39 heavy (non-hydrogen) atoms. The Balaban J connectivity index is 1.54. The van der Waals surface area contributed by atoms with E-state index in [2.05, 4.69) is 56.9 Å². The van der Waals surface area contributed by atoms with Crippen LogP contribution in [0.1, 0.15) is 12.0 Å². The van der Waals surface area contributed by atoms with Gasteiger partial charge in [-0.2, -0.15) is 0 Å². The average Bonchev–Trinajstić information content (AvgIpc) is 3.51. The maximum atomic E-state index is 11.3. The molecule has 0 saturated carbocycles. The molecule has 0 unspecified atom stereocenters. The quantitative estimate of drug-likeness (QED) is 0.199. The minimum Gasteiger partial charge on any atom is -0.748 e. The van der Waals surface area contributed by atoms with Crippen molar-refractivity contribution in [1.82, 2.24) is 9.55 Å². The van der Waals surface area contributed by atoms with Gasteiger partial charge in [-0.15, -0.1) is 4.57 Å². The molecule has 0 amide bonds. The minimum absolute atomic E-state index is 0.250. The number of aryl methyl sites for hydroxylation is 1. The van der Waals surface area contributed by atoms with Crippen molar-refractivity contribution in [3.8, 4) is 17.2 Å². The summed E-state index contributed by atoms with van der Waals surface area (Å²) in [6.45, 7) is 0.429. The van der Waals surface area contributed by atoms with Gasteiger partial charge in [0.05, 0.1) is 26.2 Å². The maximum Gasteiger partial charge on any atom is 0.255 e. The highest BCUT2D eigenvalue weighted by molar-refractivity contribution is 8.03. The predicted molar refractivity (Wildman–Crippen MR) is 154 cm³/mol. The molecule has 0 atom stereocenters. The molecule has 0 radical (unpaired) electrons. The predicted octanol–water partition coefficient (Wildman–Crippen LogP) is 5.36. The van der Waals surface area contributed by atoms with Gasteiger partial charge in [0, 0.05) is 60.9 Å². The van der Waals surface area contributed by atoms with E-state index in [1.54, 1.807) is 18.0 Å². The summed E-state index contributed by atoms with van der Waals surface area (Å²) >= 11 is 1.64. The molecule has 196 valence electrons. The van der Waals surface area contributed by atoms with Crippen LogP contribution in [-0.2, 0) is 17.2 Å². The van der Waals surface area contributed by atoms with Gasteiger partial charge in [-0.05, 0) is 36.3 Å². The molecule has 0 saturated heterocycles. The molecule has 5 aromatic rings. The largest absolute Gasteiger partial charge is 0.748 e. The van der Waals surface area contributed by atoms with E-state index in [1.807, 2.05) is 66.3 Å². The van der Waals surface area contributed by atoms with E-state index in [0.717, 1.165) is 49.3 Å². The normalized spacial score (nSPS) is 14.3. The first-order chi connectivity index (χ1) is 18.9. The lowest BCUT2D eigenvalue weighted by Gasteiger charge is -2.21. The Bertz CT molecular complexity index is 1820. The topological polar surface area (TPSA) is 82.1 Å². The lowest BCUT2D eigenvalue weighted by molar-refractivity contribution is -0.555. The SMILES string of the molecule is Cn1ccnc1-c1cc(C=C2Sc3ccccc3N2CCCS(=O)(=O)[O-])c2ccccc2[n+]1-c1ccccc1. The number of para-hydroxylation sites is 3. The number of fused-ring (bicyclic) bond motifs is 2. The Hall–Kier alpha value is -3.92. The van der Waals surface area contributed by atoms with E-state index in [4.69, 9.17) is 0 Å². The van der Waals surface area contributed by atoms with Crippen LogP contribution in [0.3, 0.4) is 0 Å². The molecule has 1 aliphatic heterocycles. The van der Waals surface area contributed by atoms with Gasteiger partial charge in [0.25, 0.3) is 5.69 Å². The molecule has 2 aromatic heterocycles. The number of imidazole rings is 1. The van der Waals surface area contributed by atoms with Crippen LogP contribution >= 0.6 is 11.8 Å². The highest BCUT2D eigenvalue weighted by atomic mass is 32.2. The molecule has 0 aliphatic carbocycles. The fourth-order valence-electron chi connectivity index (χ4n) is 5.01. The van der Waals surface area contributed by atoms with Gasteiger partial charge in [0.2, 0.25) is 17.0 Å². The summed E-state index contributed by atoms with van der Waals surface area (Å²) in [6.07, 6.45) is 6.14. The molecule has 0 bridgehead atoms. The third-order valence-corrected chi connectivity index (χ3v) is 8.65. The number of rotatable bonds is 7. The number of aromatic nitrogens is 3. The third-order valence-electron chi connectivity index (χ3n) is 6.75. The number of benzene rings is 3. The molecule has 9 heteroatoms. The van der Waals surface area contributed by atoms with Gasteiger partial charge < -0.3 is 14.0 Å². The minimum atomic E-state index is -4.28. The highest BCUT2D eigenvalue weighted by Gasteiger charge is 2.28. The summed E-state index contributed by atoms with van der Waals surface area (Å²) in [5.41, 5.74) is 5.06. The summed E-state index contributed by atoms with van der Waals surface area (Å²) in [5.74, 6) is 0.447. The third kappa shape index (κ3) is 5.08. The van der Waals surface area contributed by atoms with Crippen molar-refractivity contribution in [3.05, 3.63) is 108 Å². The van der Waals surface area contributed by atoms with Crippen molar-refractivity contribution >= 4 is 44.5 Å². The standard InChI is InChI=1S/C30H26N4O3S2/c1-32-18-16-31-30(32)27-20-22(24-12-5-6-13-25(24)34(27)23-10-3-2-4-11-23)21-29-33(17-9-19-39(35,36)37)26-14-7-8-15-28(26)38-29/h2-8,10-16,18,20-21H,9,17,19H2,1H3. The number of hydrogen-bond acceptors (Lipinski definition) is 6. The molecule has 7 nitrogen and oxygen atoms in total. The van der Waals surface area contributed by atoms with Crippen molar-refractivity contribution in [3.63, 3.8) is 0 Å². The van der Waals surface area contributed by atoms with Crippen molar-refractivity contribution in [2.75, 3.05) is 17.2 Å². The van der Waals surface area contributed by atoms with Gasteiger partial charge in [-0.1, -0.05) is 54.2 Å². The van der Waals surface area contributed by atoms with E-state index in [0.29, 0.717) is 6.54 Å². The maximum absolute atomic E-state index is 11.3. The average molecular weight is 555 g/mol. The smallest absolute Gasteiger partial charge is 0.255 e. The van der Waals surface area contributed by atoms with Crippen LogP contribution in [0.25, 0.3) is 34.2 Å². The lowest BCUT2D eigenvalue weighted by atomic mass is 10.1. The molecule has 3 aromatic carbocycles. The number of thioether (sulfide) groups is 1. The van der Waals surface area contributed by atoms with Gasteiger partial charge in [-0.3, -0.25) is 0 Å². The van der Waals surface area contributed by atoms with E-state index in [-0.39, 0.29) is 6.42 Å². The van der Waals surface area contributed by atoms with Gasteiger partial charge in [-0.25, -0.2) is 13.4 Å². The Morgan fingerprint density at radius 1 is 1.00 bits per heavy atom. The van der Waals surface area contributed by atoms with Crippen molar-refractivity contribution in [1.29, 1.82) is 0 Å². The molecule has 1 aliphatic rings. The fraction of sp³-hybridized carbons (Fsp3) is 0.133. The Morgan fingerprint density at radius 2 is 1.74 bits per heavy atom. The van der Waals surface area contributed by atoms with Crippen molar-refractivity contribution < 1.29 is 17.5 Å². The zero-order valence-corrected chi connectivity index (χ0v) is 22.9. The molecule has 3 heterocycles. The van der Waals surface area contributed by atoms with Crippen LogP contribution in [0.5, 0.6) is 0 Å². The van der Waals surface area contributed by atoms with Gasteiger partial charge >= 0.3 is 0 Å². The second-order valence-corrected chi connectivity index (χ2v) is 11.9. The highest BCUT2D eigenvalue weighted by Crippen LogP contribution is 2.47.